The molecule has 2 rings (SSSR count). The third-order valence-corrected chi connectivity index (χ3v) is 4.96. The fraction of sp³-hybridized carbons (Fsp3) is 0.438. The van der Waals surface area contributed by atoms with Crippen molar-refractivity contribution in [2.75, 3.05) is 0 Å². The summed E-state index contributed by atoms with van der Waals surface area (Å²) in [6, 6.07) is 9.59. The minimum absolute atomic E-state index is 0.00387. The molecule has 1 aliphatic carbocycles. The predicted molar refractivity (Wildman–Crippen MR) is 81.9 cm³/mol. The van der Waals surface area contributed by atoms with Gasteiger partial charge in [0.1, 0.15) is 11.2 Å². The molecule has 0 aromatic heterocycles. The van der Waals surface area contributed by atoms with Gasteiger partial charge in [-0.25, -0.2) is 0 Å². The molecule has 0 radical (unpaired) electrons. The highest BCUT2D eigenvalue weighted by Crippen LogP contribution is 2.35. The standard InChI is InChI=1S/C16H20O4S/c17-15-7-6-13(14(15)10-16(18)19)8-9-21(20)11-12-4-2-1-3-5-12/h1-5,8-9,13-15,17H,6-7,10-11H2,(H,18,19). The molecule has 1 saturated carbocycles. The maximum Gasteiger partial charge on any atom is 0.303 e. The molecular formula is C16H20O4S. The molecule has 0 spiro atoms. The zero-order valence-electron chi connectivity index (χ0n) is 11.7. The van der Waals surface area contributed by atoms with Crippen molar-refractivity contribution in [3.8, 4) is 0 Å². The zero-order chi connectivity index (χ0) is 15.2. The van der Waals surface area contributed by atoms with E-state index in [-0.39, 0.29) is 18.3 Å². The molecule has 21 heavy (non-hydrogen) atoms. The number of hydrogen-bond donors (Lipinski definition) is 2. The summed E-state index contributed by atoms with van der Waals surface area (Å²) in [5, 5.41) is 20.4. The first kappa shape index (κ1) is 16.1. The van der Waals surface area contributed by atoms with Crippen molar-refractivity contribution in [1.82, 2.24) is 0 Å². The van der Waals surface area contributed by atoms with E-state index in [1.807, 2.05) is 36.4 Å². The maximum absolute atomic E-state index is 12.0. The van der Waals surface area contributed by atoms with Crippen molar-refractivity contribution in [1.29, 1.82) is 0 Å². The van der Waals surface area contributed by atoms with Crippen molar-refractivity contribution >= 4 is 17.1 Å². The smallest absolute Gasteiger partial charge is 0.303 e. The molecule has 1 aromatic carbocycles. The highest BCUT2D eigenvalue weighted by molar-refractivity contribution is 7.93. The monoisotopic (exact) mass is 308 g/mol. The quantitative estimate of drug-likeness (QED) is 0.790. The number of allylic oxidation sites excluding steroid dienone is 1. The average Bonchev–Trinajstić information content (AvgIpc) is 2.78. The fourth-order valence-electron chi connectivity index (χ4n) is 2.78. The van der Waals surface area contributed by atoms with Gasteiger partial charge in [0.25, 0.3) is 0 Å². The van der Waals surface area contributed by atoms with E-state index in [2.05, 4.69) is 0 Å². The van der Waals surface area contributed by atoms with E-state index in [0.29, 0.717) is 12.2 Å². The molecule has 4 atom stereocenters. The van der Waals surface area contributed by atoms with Crippen molar-refractivity contribution in [3.05, 3.63) is 47.4 Å². The number of carboxylic acid groups (broad SMARTS) is 1. The van der Waals surface area contributed by atoms with Crippen LogP contribution in [-0.4, -0.2) is 26.8 Å². The normalized spacial score (nSPS) is 27.0. The average molecular weight is 308 g/mol. The molecule has 5 heteroatoms. The number of aliphatic carboxylic acids is 1. The van der Waals surface area contributed by atoms with Gasteiger partial charge in [-0.3, -0.25) is 4.79 Å². The van der Waals surface area contributed by atoms with Gasteiger partial charge in [0.05, 0.1) is 12.5 Å². The number of carbonyl (C=O) groups is 1. The number of benzene rings is 1. The predicted octanol–water partition coefficient (Wildman–Crippen LogP) is 2.31. The lowest BCUT2D eigenvalue weighted by Gasteiger charge is -2.17. The minimum atomic E-state index is -1.12. The zero-order valence-corrected chi connectivity index (χ0v) is 12.5. The highest BCUT2D eigenvalue weighted by Gasteiger charge is 2.35. The molecule has 0 bridgehead atoms. The summed E-state index contributed by atoms with van der Waals surface area (Å²) in [5.74, 6) is -0.719. The van der Waals surface area contributed by atoms with Crippen LogP contribution in [0, 0.1) is 11.8 Å². The van der Waals surface area contributed by atoms with Crippen molar-refractivity contribution < 1.29 is 19.6 Å². The maximum atomic E-state index is 12.0. The summed E-state index contributed by atoms with van der Waals surface area (Å²) in [4.78, 5) is 10.8. The molecular weight excluding hydrogens is 288 g/mol. The van der Waals surface area contributed by atoms with Gasteiger partial charge < -0.3 is 14.8 Å². The number of hydrogen-bond acceptors (Lipinski definition) is 3. The van der Waals surface area contributed by atoms with E-state index < -0.39 is 23.2 Å². The van der Waals surface area contributed by atoms with E-state index in [1.54, 1.807) is 5.41 Å². The summed E-state index contributed by atoms with van der Waals surface area (Å²) in [6.45, 7) is 0. The van der Waals surface area contributed by atoms with Crippen LogP contribution in [0.1, 0.15) is 24.8 Å². The van der Waals surface area contributed by atoms with E-state index in [9.17, 15) is 14.5 Å². The van der Waals surface area contributed by atoms with Gasteiger partial charge in [0, 0.05) is 11.5 Å². The lowest BCUT2D eigenvalue weighted by atomic mass is 9.92. The van der Waals surface area contributed by atoms with Crippen LogP contribution in [0.3, 0.4) is 0 Å². The Morgan fingerprint density at radius 2 is 2.05 bits per heavy atom. The Morgan fingerprint density at radius 1 is 1.33 bits per heavy atom. The lowest BCUT2D eigenvalue weighted by molar-refractivity contribution is -0.139. The SMILES string of the molecule is O=C(O)CC1C(O)CCC1C=C[S+]([O-])Cc1ccccc1. The summed E-state index contributed by atoms with van der Waals surface area (Å²) < 4.78 is 12.0. The van der Waals surface area contributed by atoms with Crippen LogP contribution in [0.25, 0.3) is 0 Å². The van der Waals surface area contributed by atoms with Crippen LogP contribution >= 0.6 is 0 Å². The van der Waals surface area contributed by atoms with Crippen molar-refractivity contribution in [3.63, 3.8) is 0 Å². The first-order valence-electron chi connectivity index (χ1n) is 7.05. The molecule has 4 nitrogen and oxygen atoms in total. The molecule has 1 aromatic rings. The molecule has 0 amide bonds. The molecule has 0 saturated heterocycles. The second-order valence-electron chi connectivity index (χ2n) is 5.41. The van der Waals surface area contributed by atoms with Gasteiger partial charge in [-0.2, -0.15) is 0 Å². The highest BCUT2D eigenvalue weighted by atomic mass is 32.2. The van der Waals surface area contributed by atoms with E-state index in [0.717, 1.165) is 12.0 Å². The topological polar surface area (TPSA) is 80.6 Å². The van der Waals surface area contributed by atoms with Gasteiger partial charge in [0.2, 0.25) is 0 Å². The number of aliphatic hydroxyl groups excluding tert-OH is 1. The molecule has 1 fully saturated rings. The van der Waals surface area contributed by atoms with Crippen LogP contribution in [-0.2, 0) is 21.7 Å². The third kappa shape index (κ3) is 4.88. The van der Waals surface area contributed by atoms with Gasteiger partial charge in [-0.1, -0.05) is 30.3 Å². The molecule has 0 heterocycles. The second-order valence-corrected chi connectivity index (χ2v) is 6.73. The Balaban J connectivity index is 1.91. The van der Waals surface area contributed by atoms with Gasteiger partial charge >= 0.3 is 5.97 Å². The van der Waals surface area contributed by atoms with Crippen molar-refractivity contribution in [2.24, 2.45) is 11.8 Å². The molecule has 1 aliphatic rings. The Kier molecular flexibility index (Phi) is 5.85. The first-order valence-corrected chi connectivity index (χ1v) is 8.43. The summed E-state index contributed by atoms with van der Waals surface area (Å²) >= 11 is -1.12. The van der Waals surface area contributed by atoms with Crippen LogP contribution < -0.4 is 0 Å². The Hall–Kier alpha value is -1.30. The van der Waals surface area contributed by atoms with E-state index in [1.165, 1.54) is 0 Å². The summed E-state index contributed by atoms with van der Waals surface area (Å²) in [7, 11) is 0. The van der Waals surface area contributed by atoms with E-state index >= 15 is 0 Å². The van der Waals surface area contributed by atoms with Gasteiger partial charge in [0.15, 0.2) is 0 Å². The minimum Gasteiger partial charge on any atom is -0.612 e. The van der Waals surface area contributed by atoms with Crippen LogP contribution in [0.2, 0.25) is 0 Å². The van der Waals surface area contributed by atoms with Crippen LogP contribution in [0.5, 0.6) is 0 Å². The molecule has 4 unspecified atom stereocenters. The molecule has 0 aliphatic heterocycles. The molecule has 114 valence electrons. The number of carboxylic acids is 1. The number of rotatable bonds is 6. The summed E-state index contributed by atoms with van der Waals surface area (Å²) in [6.07, 6.45) is 2.57. The first-order chi connectivity index (χ1) is 10.1. The molecule has 2 N–H and O–H groups in total. The Labute approximate surface area is 127 Å². The van der Waals surface area contributed by atoms with Gasteiger partial charge in [-0.05, 0) is 36.0 Å². The van der Waals surface area contributed by atoms with E-state index in [4.69, 9.17) is 5.11 Å². The Morgan fingerprint density at radius 3 is 2.71 bits per heavy atom. The number of aliphatic hydroxyl groups is 1. The van der Waals surface area contributed by atoms with Crippen molar-refractivity contribution in [2.45, 2.75) is 31.1 Å². The van der Waals surface area contributed by atoms with Crippen LogP contribution in [0.4, 0.5) is 0 Å². The Bertz CT molecular complexity index is 488. The third-order valence-electron chi connectivity index (χ3n) is 3.88. The second kappa shape index (κ2) is 7.64. The fourth-order valence-corrected chi connectivity index (χ4v) is 3.77. The van der Waals surface area contributed by atoms with Crippen LogP contribution in [0.15, 0.2) is 41.8 Å². The summed E-state index contributed by atoms with van der Waals surface area (Å²) in [5.41, 5.74) is 1.01. The van der Waals surface area contributed by atoms with Gasteiger partial charge in [-0.15, -0.1) is 0 Å². The lowest BCUT2D eigenvalue weighted by Crippen LogP contribution is -2.21. The largest absolute Gasteiger partial charge is 0.612 e.